The summed E-state index contributed by atoms with van der Waals surface area (Å²) >= 11 is 0. The van der Waals surface area contributed by atoms with Gasteiger partial charge in [-0.3, -0.25) is 4.79 Å². The molecule has 156 valence electrons. The number of carbonyl (C=O) groups is 1. The van der Waals surface area contributed by atoms with Crippen LogP contribution in [0.25, 0.3) is 0 Å². The van der Waals surface area contributed by atoms with E-state index in [0.29, 0.717) is 35.9 Å². The molecule has 0 saturated carbocycles. The lowest BCUT2D eigenvalue weighted by Crippen LogP contribution is -2.50. The number of carbonyl (C=O) groups excluding carboxylic acids is 1. The number of benzene rings is 2. The molecular weight excluding hydrogens is 388 g/mol. The highest BCUT2D eigenvalue weighted by Crippen LogP contribution is 2.23. The molecule has 29 heavy (non-hydrogen) atoms. The van der Waals surface area contributed by atoms with E-state index < -0.39 is 10.0 Å². The van der Waals surface area contributed by atoms with Crippen LogP contribution in [0.5, 0.6) is 5.75 Å². The predicted octanol–water partition coefficient (Wildman–Crippen LogP) is 3.24. The van der Waals surface area contributed by atoms with Gasteiger partial charge in [0.25, 0.3) is 5.91 Å². The van der Waals surface area contributed by atoms with E-state index in [4.69, 9.17) is 4.74 Å². The normalized spacial score (nSPS) is 15.3. The van der Waals surface area contributed by atoms with Gasteiger partial charge in [0.05, 0.1) is 11.5 Å². The van der Waals surface area contributed by atoms with Crippen LogP contribution in [-0.4, -0.2) is 56.3 Å². The number of aryl methyl sites for hydroxylation is 2. The Bertz CT molecular complexity index is 980. The zero-order valence-corrected chi connectivity index (χ0v) is 18.0. The van der Waals surface area contributed by atoms with Crippen LogP contribution >= 0.6 is 0 Å². The monoisotopic (exact) mass is 416 g/mol. The lowest BCUT2D eigenvalue weighted by Gasteiger charge is -2.34. The van der Waals surface area contributed by atoms with E-state index in [0.717, 1.165) is 17.5 Å². The smallest absolute Gasteiger partial charge is 0.254 e. The zero-order valence-electron chi connectivity index (χ0n) is 17.2. The largest absolute Gasteiger partial charge is 0.494 e. The van der Waals surface area contributed by atoms with Crippen molar-refractivity contribution in [3.63, 3.8) is 0 Å². The minimum atomic E-state index is -3.57. The Morgan fingerprint density at radius 3 is 2.45 bits per heavy atom. The molecule has 3 rings (SSSR count). The molecule has 0 aromatic heterocycles. The molecule has 6 nitrogen and oxygen atoms in total. The van der Waals surface area contributed by atoms with Gasteiger partial charge in [0, 0.05) is 31.7 Å². The minimum absolute atomic E-state index is 0.101. The van der Waals surface area contributed by atoms with Gasteiger partial charge in [0.15, 0.2) is 0 Å². The molecule has 2 aromatic rings. The van der Waals surface area contributed by atoms with Crippen LogP contribution in [0.1, 0.15) is 34.8 Å². The van der Waals surface area contributed by atoms with Crippen LogP contribution in [0.4, 0.5) is 0 Å². The van der Waals surface area contributed by atoms with Crippen molar-refractivity contribution in [2.75, 3.05) is 32.8 Å². The molecule has 0 atom stereocenters. The van der Waals surface area contributed by atoms with E-state index >= 15 is 0 Å². The molecule has 1 amide bonds. The van der Waals surface area contributed by atoms with Crippen molar-refractivity contribution in [3.8, 4) is 5.75 Å². The van der Waals surface area contributed by atoms with Crippen molar-refractivity contribution < 1.29 is 17.9 Å². The lowest BCUT2D eigenvalue weighted by atomic mass is 10.1. The Morgan fingerprint density at radius 1 is 1.03 bits per heavy atom. The number of piperazine rings is 1. The minimum Gasteiger partial charge on any atom is -0.494 e. The highest BCUT2D eigenvalue weighted by atomic mass is 32.2. The Labute approximate surface area is 173 Å². The number of sulfonamides is 1. The van der Waals surface area contributed by atoms with Crippen LogP contribution in [0.15, 0.2) is 47.4 Å². The molecule has 1 heterocycles. The molecule has 2 aromatic carbocycles. The summed E-state index contributed by atoms with van der Waals surface area (Å²) in [6.45, 7) is 7.62. The van der Waals surface area contributed by atoms with E-state index in [1.807, 2.05) is 32.0 Å². The van der Waals surface area contributed by atoms with Gasteiger partial charge in [-0.1, -0.05) is 25.1 Å². The Balaban J connectivity index is 1.69. The third-order valence-corrected chi connectivity index (χ3v) is 7.08. The number of amides is 1. The average molecular weight is 417 g/mol. The second-order valence-corrected chi connectivity index (χ2v) is 9.25. The average Bonchev–Trinajstić information content (AvgIpc) is 2.73. The third-order valence-electron chi connectivity index (χ3n) is 5.04. The van der Waals surface area contributed by atoms with Crippen molar-refractivity contribution >= 4 is 15.9 Å². The molecule has 0 aliphatic carbocycles. The first-order chi connectivity index (χ1) is 13.8. The lowest BCUT2D eigenvalue weighted by molar-refractivity contribution is 0.0697. The predicted molar refractivity (Wildman–Crippen MR) is 113 cm³/mol. The molecule has 1 fully saturated rings. The fourth-order valence-corrected chi connectivity index (χ4v) is 5.11. The summed E-state index contributed by atoms with van der Waals surface area (Å²) in [5, 5.41) is 0. The van der Waals surface area contributed by atoms with E-state index in [2.05, 4.69) is 0 Å². The molecule has 0 radical (unpaired) electrons. The highest BCUT2D eigenvalue weighted by Gasteiger charge is 2.31. The Hall–Kier alpha value is -2.38. The molecule has 0 N–H and O–H groups in total. The summed E-state index contributed by atoms with van der Waals surface area (Å²) in [7, 11) is -3.57. The van der Waals surface area contributed by atoms with Gasteiger partial charge in [0.1, 0.15) is 5.75 Å². The summed E-state index contributed by atoms with van der Waals surface area (Å²) in [5.41, 5.74) is 2.20. The molecule has 7 heteroatoms. The number of hydrogen-bond donors (Lipinski definition) is 0. The van der Waals surface area contributed by atoms with Gasteiger partial charge in [-0.15, -0.1) is 0 Å². The van der Waals surface area contributed by atoms with Crippen molar-refractivity contribution in [2.24, 2.45) is 0 Å². The number of rotatable bonds is 6. The summed E-state index contributed by atoms with van der Waals surface area (Å²) in [6, 6.07) is 12.6. The van der Waals surface area contributed by atoms with Crippen molar-refractivity contribution in [3.05, 3.63) is 59.2 Å². The maximum atomic E-state index is 13.1. The first kappa shape index (κ1) is 21.3. The fraction of sp³-hybridized carbons (Fsp3) is 0.409. The fourth-order valence-electron chi connectivity index (χ4n) is 3.38. The third kappa shape index (κ3) is 4.79. The van der Waals surface area contributed by atoms with E-state index in [1.165, 1.54) is 4.31 Å². The molecule has 0 bridgehead atoms. The molecule has 1 aliphatic heterocycles. The first-order valence-electron chi connectivity index (χ1n) is 9.92. The standard InChI is InChI=1S/C22H28N2O4S/c1-4-14-28-20-7-5-6-19(16-20)22(25)23-10-12-24(13-11-23)29(26,27)21-15-17(2)8-9-18(21)3/h5-9,15-16H,4,10-14H2,1-3H3. The molecule has 1 saturated heterocycles. The van der Waals surface area contributed by atoms with Crippen LogP contribution in [0.2, 0.25) is 0 Å². The van der Waals surface area contributed by atoms with Gasteiger partial charge in [0.2, 0.25) is 10.0 Å². The molecule has 0 unspecified atom stereocenters. The van der Waals surface area contributed by atoms with Crippen LogP contribution < -0.4 is 4.74 Å². The topological polar surface area (TPSA) is 66.9 Å². The zero-order chi connectivity index (χ0) is 21.0. The Morgan fingerprint density at radius 2 is 1.76 bits per heavy atom. The van der Waals surface area contributed by atoms with Gasteiger partial charge in [-0.2, -0.15) is 4.31 Å². The quantitative estimate of drug-likeness (QED) is 0.725. The maximum Gasteiger partial charge on any atom is 0.254 e. The number of nitrogens with zero attached hydrogens (tertiary/aromatic N) is 2. The van der Waals surface area contributed by atoms with E-state index in [-0.39, 0.29) is 19.0 Å². The van der Waals surface area contributed by atoms with Crippen molar-refractivity contribution in [1.82, 2.24) is 9.21 Å². The Kier molecular flexibility index (Phi) is 6.59. The van der Waals surface area contributed by atoms with Gasteiger partial charge in [-0.05, 0) is 55.7 Å². The van der Waals surface area contributed by atoms with Crippen LogP contribution in [-0.2, 0) is 10.0 Å². The van der Waals surface area contributed by atoms with Crippen molar-refractivity contribution in [1.29, 1.82) is 0 Å². The summed E-state index contributed by atoms with van der Waals surface area (Å²) in [5.74, 6) is 0.574. The summed E-state index contributed by atoms with van der Waals surface area (Å²) < 4.78 is 33.2. The maximum absolute atomic E-state index is 13.1. The second-order valence-electron chi connectivity index (χ2n) is 7.34. The van der Waals surface area contributed by atoms with Crippen LogP contribution in [0.3, 0.4) is 0 Å². The van der Waals surface area contributed by atoms with E-state index in [1.54, 1.807) is 36.1 Å². The number of hydrogen-bond acceptors (Lipinski definition) is 4. The van der Waals surface area contributed by atoms with Gasteiger partial charge in [-0.25, -0.2) is 8.42 Å². The summed E-state index contributed by atoms with van der Waals surface area (Å²) in [6.07, 6.45) is 0.898. The SMILES string of the molecule is CCCOc1cccc(C(=O)N2CCN(S(=O)(=O)c3cc(C)ccc3C)CC2)c1. The molecule has 0 spiro atoms. The molecule has 1 aliphatic rings. The summed E-state index contributed by atoms with van der Waals surface area (Å²) in [4.78, 5) is 14.9. The van der Waals surface area contributed by atoms with Gasteiger partial charge < -0.3 is 9.64 Å². The first-order valence-corrected chi connectivity index (χ1v) is 11.4. The highest BCUT2D eigenvalue weighted by molar-refractivity contribution is 7.89. The van der Waals surface area contributed by atoms with Crippen LogP contribution in [0, 0.1) is 13.8 Å². The van der Waals surface area contributed by atoms with Gasteiger partial charge >= 0.3 is 0 Å². The second kappa shape index (κ2) is 8.97. The molecular formula is C22H28N2O4S. The van der Waals surface area contributed by atoms with Crippen molar-refractivity contribution in [2.45, 2.75) is 32.1 Å². The number of ether oxygens (including phenoxy) is 1. The van der Waals surface area contributed by atoms with E-state index in [9.17, 15) is 13.2 Å².